The SMILES string of the molecule is Cc1ccc(CCCC(=O)Nc2ccccc2-c2nc3ccccc3[nH]2)cc1. The minimum absolute atomic E-state index is 0.0238. The first-order valence-corrected chi connectivity index (χ1v) is 9.58. The molecule has 28 heavy (non-hydrogen) atoms. The Labute approximate surface area is 164 Å². The van der Waals surface area contributed by atoms with Crippen molar-refractivity contribution in [1.82, 2.24) is 9.97 Å². The summed E-state index contributed by atoms with van der Waals surface area (Å²) in [6.45, 7) is 2.08. The Morgan fingerprint density at radius 2 is 1.71 bits per heavy atom. The molecular weight excluding hydrogens is 346 g/mol. The summed E-state index contributed by atoms with van der Waals surface area (Å²) in [7, 11) is 0. The van der Waals surface area contributed by atoms with E-state index in [1.165, 1.54) is 11.1 Å². The van der Waals surface area contributed by atoms with Gasteiger partial charge in [0.1, 0.15) is 5.82 Å². The number of nitrogens with zero attached hydrogens (tertiary/aromatic N) is 1. The first-order valence-electron chi connectivity index (χ1n) is 9.58. The van der Waals surface area contributed by atoms with Gasteiger partial charge < -0.3 is 10.3 Å². The molecule has 0 spiro atoms. The summed E-state index contributed by atoms with van der Waals surface area (Å²) < 4.78 is 0. The van der Waals surface area contributed by atoms with Crippen LogP contribution in [0.15, 0.2) is 72.8 Å². The number of amides is 1. The fourth-order valence-corrected chi connectivity index (χ4v) is 3.30. The molecular formula is C24H23N3O. The van der Waals surface area contributed by atoms with Crippen molar-refractivity contribution in [2.45, 2.75) is 26.2 Å². The highest BCUT2D eigenvalue weighted by Gasteiger charge is 2.11. The molecule has 2 N–H and O–H groups in total. The number of benzene rings is 3. The van der Waals surface area contributed by atoms with Crippen LogP contribution >= 0.6 is 0 Å². The van der Waals surface area contributed by atoms with Crippen molar-refractivity contribution in [2.75, 3.05) is 5.32 Å². The van der Waals surface area contributed by atoms with Crippen molar-refractivity contribution in [1.29, 1.82) is 0 Å². The Hall–Kier alpha value is -3.40. The average molecular weight is 369 g/mol. The maximum absolute atomic E-state index is 12.5. The van der Waals surface area contributed by atoms with Gasteiger partial charge in [-0.25, -0.2) is 4.98 Å². The zero-order valence-corrected chi connectivity index (χ0v) is 15.9. The molecule has 4 aromatic rings. The van der Waals surface area contributed by atoms with Crippen molar-refractivity contribution >= 4 is 22.6 Å². The molecule has 1 amide bonds. The molecule has 0 bridgehead atoms. The maximum atomic E-state index is 12.5. The van der Waals surface area contributed by atoms with E-state index >= 15 is 0 Å². The lowest BCUT2D eigenvalue weighted by Crippen LogP contribution is -2.12. The Bertz CT molecular complexity index is 1060. The summed E-state index contributed by atoms with van der Waals surface area (Å²) in [5, 5.41) is 3.05. The molecule has 4 heteroatoms. The van der Waals surface area contributed by atoms with Crippen LogP contribution in [-0.2, 0) is 11.2 Å². The molecule has 1 aromatic heterocycles. The second-order valence-corrected chi connectivity index (χ2v) is 7.04. The lowest BCUT2D eigenvalue weighted by Gasteiger charge is -2.09. The second kappa shape index (κ2) is 8.09. The molecule has 0 aliphatic rings. The van der Waals surface area contributed by atoms with Crippen LogP contribution in [0.25, 0.3) is 22.4 Å². The number of hydrogen-bond donors (Lipinski definition) is 2. The van der Waals surface area contributed by atoms with Crippen LogP contribution in [0.4, 0.5) is 5.69 Å². The first-order chi connectivity index (χ1) is 13.7. The average Bonchev–Trinajstić information content (AvgIpc) is 3.14. The van der Waals surface area contributed by atoms with Gasteiger partial charge in [0.2, 0.25) is 5.91 Å². The smallest absolute Gasteiger partial charge is 0.224 e. The molecule has 140 valence electrons. The minimum atomic E-state index is 0.0238. The number of para-hydroxylation sites is 3. The molecule has 0 unspecified atom stereocenters. The molecule has 0 aliphatic heterocycles. The number of aromatic amines is 1. The number of H-pyrrole nitrogens is 1. The predicted octanol–water partition coefficient (Wildman–Crippen LogP) is 5.50. The normalized spacial score (nSPS) is 10.9. The summed E-state index contributed by atoms with van der Waals surface area (Å²) in [5.74, 6) is 0.785. The third kappa shape index (κ3) is 4.12. The highest BCUT2D eigenvalue weighted by Crippen LogP contribution is 2.27. The lowest BCUT2D eigenvalue weighted by atomic mass is 10.1. The van der Waals surface area contributed by atoms with Crippen molar-refractivity contribution < 1.29 is 4.79 Å². The van der Waals surface area contributed by atoms with E-state index in [1.54, 1.807) is 0 Å². The number of fused-ring (bicyclic) bond motifs is 1. The van der Waals surface area contributed by atoms with Gasteiger partial charge >= 0.3 is 0 Å². The van der Waals surface area contributed by atoms with Gasteiger partial charge in [0.15, 0.2) is 0 Å². The van der Waals surface area contributed by atoms with E-state index in [2.05, 4.69) is 46.5 Å². The topological polar surface area (TPSA) is 57.8 Å². The van der Waals surface area contributed by atoms with Gasteiger partial charge in [0.05, 0.1) is 16.7 Å². The largest absolute Gasteiger partial charge is 0.338 e. The van der Waals surface area contributed by atoms with E-state index < -0.39 is 0 Å². The number of hydrogen-bond acceptors (Lipinski definition) is 2. The van der Waals surface area contributed by atoms with Gasteiger partial charge in [-0.05, 0) is 49.6 Å². The van der Waals surface area contributed by atoms with Gasteiger partial charge in [-0.2, -0.15) is 0 Å². The van der Waals surface area contributed by atoms with Gasteiger partial charge in [-0.15, -0.1) is 0 Å². The van der Waals surface area contributed by atoms with Gasteiger partial charge in [0, 0.05) is 12.0 Å². The Morgan fingerprint density at radius 3 is 2.54 bits per heavy atom. The zero-order valence-electron chi connectivity index (χ0n) is 15.9. The van der Waals surface area contributed by atoms with Crippen LogP contribution in [0.1, 0.15) is 24.0 Å². The van der Waals surface area contributed by atoms with E-state index in [-0.39, 0.29) is 5.91 Å². The summed E-state index contributed by atoms with van der Waals surface area (Å²) in [5.41, 5.74) is 6.09. The fourth-order valence-electron chi connectivity index (χ4n) is 3.30. The summed E-state index contributed by atoms with van der Waals surface area (Å²) in [4.78, 5) is 20.5. The molecule has 4 rings (SSSR count). The van der Waals surface area contributed by atoms with E-state index in [9.17, 15) is 4.79 Å². The third-order valence-corrected chi connectivity index (χ3v) is 4.84. The van der Waals surface area contributed by atoms with Gasteiger partial charge in [-0.1, -0.05) is 54.1 Å². The van der Waals surface area contributed by atoms with E-state index in [0.29, 0.717) is 6.42 Å². The standard InChI is InChI=1S/C24H23N3O/c1-17-13-15-18(16-14-17)7-6-12-23(28)25-20-9-3-2-8-19(20)24-26-21-10-4-5-11-22(21)27-24/h2-5,8-11,13-16H,6-7,12H2,1H3,(H,25,28)(H,26,27). The van der Waals surface area contributed by atoms with Crippen molar-refractivity contribution in [3.63, 3.8) is 0 Å². The first kappa shape index (κ1) is 18.0. The number of nitrogens with one attached hydrogen (secondary N) is 2. The predicted molar refractivity (Wildman–Crippen MR) is 114 cm³/mol. The number of carbonyl (C=O) groups is 1. The number of carbonyl (C=O) groups excluding carboxylic acids is 1. The molecule has 3 aromatic carbocycles. The molecule has 0 aliphatic carbocycles. The van der Waals surface area contributed by atoms with E-state index in [1.807, 2.05) is 48.5 Å². The Kier molecular flexibility index (Phi) is 5.20. The van der Waals surface area contributed by atoms with Gasteiger partial charge in [-0.3, -0.25) is 4.79 Å². The Balaban J connectivity index is 1.43. The van der Waals surface area contributed by atoms with Crippen molar-refractivity contribution in [2.24, 2.45) is 0 Å². The molecule has 0 radical (unpaired) electrons. The van der Waals surface area contributed by atoms with Crippen LogP contribution in [0.2, 0.25) is 0 Å². The van der Waals surface area contributed by atoms with Crippen LogP contribution in [0, 0.1) is 6.92 Å². The van der Waals surface area contributed by atoms with Crippen LogP contribution in [-0.4, -0.2) is 15.9 Å². The maximum Gasteiger partial charge on any atom is 0.224 e. The highest BCUT2D eigenvalue weighted by molar-refractivity contribution is 5.95. The molecule has 1 heterocycles. The van der Waals surface area contributed by atoms with E-state index in [4.69, 9.17) is 0 Å². The lowest BCUT2D eigenvalue weighted by molar-refractivity contribution is -0.116. The van der Waals surface area contributed by atoms with Crippen molar-refractivity contribution in [3.8, 4) is 11.4 Å². The summed E-state index contributed by atoms with van der Waals surface area (Å²) in [6, 6.07) is 24.2. The number of aromatic nitrogens is 2. The van der Waals surface area contributed by atoms with Crippen molar-refractivity contribution in [3.05, 3.63) is 83.9 Å². The molecule has 0 saturated carbocycles. The summed E-state index contributed by atoms with van der Waals surface area (Å²) >= 11 is 0. The third-order valence-electron chi connectivity index (χ3n) is 4.84. The molecule has 0 fully saturated rings. The van der Waals surface area contributed by atoms with Gasteiger partial charge in [0.25, 0.3) is 0 Å². The van der Waals surface area contributed by atoms with Crippen LogP contribution in [0.3, 0.4) is 0 Å². The molecule has 0 atom stereocenters. The van der Waals surface area contributed by atoms with E-state index in [0.717, 1.165) is 41.0 Å². The summed E-state index contributed by atoms with van der Waals surface area (Å²) in [6.07, 6.45) is 2.21. The number of aryl methyl sites for hydroxylation is 2. The Morgan fingerprint density at radius 1 is 0.964 bits per heavy atom. The number of anilines is 1. The zero-order chi connectivity index (χ0) is 19.3. The monoisotopic (exact) mass is 369 g/mol. The fraction of sp³-hybridized carbons (Fsp3) is 0.167. The molecule has 4 nitrogen and oxygen atoms in total. The minimum Gasteiger partial charge on any atom is -0.338 e. The number of imidazole rings is 1. The van der Waals surface area contributed by atoms with Crippen LogP contribution in [0.5, 0.6) is 0 Å². The quantitative estimate of drug-likeness (QED) is 0.471. The molecule has 0 saturated heterocycles. The number of rotatable bonds is 6. The van der Waals surface area contributed by atoms with Crippen LogP contribution < -0.4 is 5.32 Å². The second-order valence-electron chi connectivity index (χ2n) is 7.04. The highest BCUT2D eigenvalue weighted by atomic mass is 16.1.